The van der Waals surface area contributed by atoms with Crippen LogP contribution in [0.4, 0.5) is 9.52 Å². The highest BCUT2D eigenvalue weighted by molar-refractivity contribution is 7.91. The number of nitrogens with zero attached hydrogens (tertiary/aromatic N) is 1. The van der Waals surface area contributed by atoms with Crippen LogP contribution in [-0.4, -0.2) is 25.1 Å². The maximum Gasteiger partial charge on any atom is 0.241 e. The predicted molar refractivity (Wildman–Crippen MR) is 100 cm³/mol. The number of hydrogen-bond donors (Lipinski definition) is 1. The lowest BCUT2D eigenvalue weighted by molar-refractivity contribution is -0.113. The standard InChI is InChI=1S/C18H15FN2O3S2/c19-15-8-6-14(7-9-15)16-10-25-18(20-16)21-17(22)12-26(23,24)11-13-4-2-1-3-5-13/h1-10H,11-12H2,(H,20,21,22). The highest BCUT2D eigenvalue weighted by Gasteiger charge is 2.18. The molecule has 8 heteroatoms. The Hall–Kier alpha value is -2.58. The molecular weight excluding hydrogens is 375 g/mol. The number of thiazole rings is 1. The van der Waals surface area contributed by atoms with Crippen molar-refractivity contribution in [1.29, 1.82) is 0 Å². The average molecular weight is 390 g/mol. The van der Waals surface area contributed by atoms with Crippen molar-refractivity contribution < 1.29 is 17.6 Å². The van der Waals surface area contributed by atoms with Crippen LogP contribution in [0.3, 0.4) is 0 Å². The third kappa shape index (κ3) is 4.96. The quantitative estimate of drug-likeness (QED) is 0.699. The number of hydrogen-bond acceptors (Lipinski definition) is 5. The lowest BCUT2D eigenvalue weighted by Crippen LogP contribution is -2.23. The molecule has 3 aromatic rings. The molecule has 0 unspecified atom stereocenters. The fourth-order valence-corrected chi connectivity index (χ4v) is 4.33. The van der Waals surface area contributed by atoms with E-state index in [2.05, 4.69) is 10.3 Å². The van der Waals surface area contributed by atoms with E-state index in [9.17, 15) is 17.6 Å². The molecule has 0 spiro atoms. The summed E-state index contributed by atoms with van der Waals surface area (Å²) in [6.07, 6.45) is 0. The molecular formula is C18H15FN2O3S2. The van der Waals surface area contributed by atoms with Crippen molar-refractivity contribution in [3.63, 3.8) is 0 Å². The van der Waals surface area contributed by atoms with Gasteiger partial charge in [0, 0.05) is 10.9 Å². The molecule has 0 saturated carbocycles. The summed E-state index contributed by atoms with van der Waals surface area (Å²) in [4.78, 5) is 16.3. The van der Waals surface area contributed by atoms with Crippen molar-refractivity contribution in [2.75, 3.05) is 11.1 Å². The molecule has 0 aliphatic rings. The van der Waals surface area contributed by atoms with Crippen molar-refractivity contribution in [3.05, 3.63) is 71.4 Å². The first kappa shape index (κ1) is 18.2. The van der Waals surface area contributed by atoms with Crippen LogP contribution in [0.2, 0.25) is 0 Å². The summed E-state index contributed by atoms with van der Waals surface area (Å²) in [5.41, 5.74) is 1.92. The average Bonchev–Trinajstić information content (AvgIpc) is 3.03. The number of sulfone groups is 1. The Balaban J connectivity index is 1.62. The van der Waals surface area contributed by atoms with Crippen molar-refractivity contribution in [1.82, 2.24) is 4.98 Å². The van der Waals surface area contributed by atoms with Crippen LogP contribution in [-0.2, 0) is 20.4 Å². The predicted octanol–water partition coefficient (Wildman–Crippen LogP) is 3.50. The van der Waals surface area contributed by atoms with Gasteiger partial charge in [0.15, 0.2) is 15.0 Å². The van der Waals surface area contributed by atoms with Gasteiger partial charge in [-0.3, -0.25) is 4.79 Å². The SMILES string of the molecule is O=C(CS(=O)(=O)Cc1ccccc1)Nc1nc(-c2ccc(F)cc2)cs1. The summed E-state index contributed by atoms with van der Waals surface area (Å²) in [6, 6.07) is 14.5. The number of carbonyl (C=O) groups is 1. The largest absolute Gasteiger partial charge is 0.301 e. The Morgan fingerprint density at radius 2 is 1.77 bits per heavy atom. The molecule has 0 aliphatic heterocycles. The molecule has 1 heterocycles. The van der Waals surface area contributed by atoms with Gasteiger partial charge in [-0.15, -0.1) is 11.3 Å². The Morgan fingerprint density at radius 3 is 2.46 bits per heavy atom. The Bertz CT molecular complexity index is 1000. The van der Waals surface area contributed by atoms with Gasteiger partial charge in [0.2, 0.25) is 5.91 Å². The van der Waals surface area contributed by atoms with E-state index >= 15 is 0 Å². The zero-order chi connectivity index (χ0) is 18.6. The molecule has 0 aliphatic carbocycles. The number of rotatable bonds is 6. The van der Waals surface area contributed by atoms with Gasteiger partial charge >= 0.3 is 0 Å². The lowest BCUT2D eigenvalue weighted by Gasteiger charge is -2.04. The minimum atomic E-state index is -3.58. The summed E-state index contributed by atoms with van der Waals surface area (Å²) in [6.45, 7) is 0. The van der Waals surface area contributed by atoms with Gasteiger partial charge in [-0.05, 0) is 29.8 Å². The second kappa shape index (κ2) is 7.76. The minimum absolute atomic E-state index is 0.194. The maximum absolute atomic E-state index is 13.0. The van der Waals surface area contributed by atoms with Gasteiger partial charge < -0.3 is 5.32 Å². The van der Waals surface area contributed by atoms with Gasteiger partial charge in [-0.1, -0.05) is 30.3 Å². The Labute approximate surface area is 154 Å². The van der Waals surface area contributed by atoms with Crippen LogP contribution < -0.4 is 5.32 Å². The van der Waals surface area contributed by atoms with Crippen LogP contribution in [0.15, 0.2) is 60.0 Å². The van der Waals surface area contributed by atoms with Crippen molar-refractivity contribution >= 4 is 32.2 Å². The monoisotopic (exact) mass is 390 g/mol. The first-order chi connectivity index (χ1) is 12.4. The fourth-order valence-electron chi connectivity index (χ4n) is 2.32. The molecule has 0 saturated heterocycles. The van der Waals surface area contributed by atoms with Gasteiger partial charge in [0.05, 0.1) is 11.4 Å². The van der Waals surface area contributed by atoms with Crippen molar-refractivity contribution in [3.8, 4) is 11.3 Å². The van der Waals surface area contributed by atoms with E-state index in [4.69, 9.17) is 0 Å². The van der Waals surface area contributed by atoms with Crippen molar-refractivity contribution in [2.24, 2.45) is 0 Å². The fraction of sp³-hybridized carbons (Fsp3) is 0.111. The second-order valence-corrected chi connectivity index (χ2v) is 8.53. The summed E-state index contributed by atoms with van der Waals surface area (Å²) in [7, 11) is -3.58. The lowest BCUT2D eigenvalue weighted by atomic mass is 10.2. The van der Waals surface area contributed by atoms with Gasteiger partial charge in [0.25, 0.3) is 0 Å². The Kier molecular flexibility index (Phi) is 5.43. The van der Waals surface area contributed by atoms with Crippen LogP contribution >= 0.6 is 11.3 Å². The van der Waals surface area contributed by atoms with Gasteiger partial charge in [-0.25, -0.2) is 17.8 Å². The number of benzene rings is 2. The molecule has 134 valence electrons. The van der Waals surface area contributed by atoms with Gasteiger partial charge in [0.1, 0.15) is 11.6 Å². The maximum atomic E-state index is 13.0. The van der Waals surface area contributed by atoms with E-state index in [0.717, 1.165) is 0 Å². The molecule has 2 aromatic carbocycles. The van der Waals surface area contributed by atoms with Crippen LogP contribution in [0, 0.1) is 5.82 Å². The molecule has 1 N–H and O–H groups in total. The summed E-state index contributed by atoms with van der Waals surface area (Å²) >= 11 is 1.18. The minimum Gasteiger partial charge on any atom is -0.301 e. The molecule has 0 atom stereocenters. The second-order valence-electron chi connectivity index (χ2n) is 5.61. The smallest absolute Gasteiger partial charge is 0.241 e. The number of aromatic nitrogens is 1. The number of carbonyl (C=O) groups excluding carboxylic acids is 1. The highest BCUT2D eigenvalue weighted by atomic mass is 32.2. The summed E-state index contributed by atoms with van der Waals surface area (Å²) in [5, 5.41) is 4.51. The number of amides is 1. The van der Waals surface area contributed by atoms with E-state index in [-0.39, 0.29) is 11.6 Å². The molecule has 0 radical (unpaired) electrons. The number of nitrogens with one attached hydrogen (secondary N) is 1. The van der Waals surface area contributed by atoms with Gasteiger partial charge in [-0.2, -0.15) is 0 Å². The molecule has 26 heavy (non-hydrogen) atoms. The number of anilines is 1. The van der Waals surface area contributed by atoms with Crippen molar-refractivity contribution in [2.45, 2.75) is 5.75 Å². The molecule has 1 aromatic heterocycles. The summed E-state index contributed by atoms with van der Waals surface area (Å²) < 4.78 is 37.3. The third-order valence-corrected chi connectivity index (χ3v) is 5.70. The zero-order valence-corrected chi connectivity index (χ0v) is 15.2. The first-order valence-corrected chi connectivity index (χ1v) is 10.4. The molecule has 0 fully saturated rings. The normalized spacial score (nSPS) is 11.3. The van der Waals surface area contributed by atoms with E-state index < -0.39 is 21.5 Å². The van der Waals surface area contributed by atoms with Crippen LogP contribution in [0.25, 0.3) is 11.3 Å². The van der Waals surface area contributed by atoms with Crippen LogP contribution in [0.5, 0.6) is 0 Å². The van der Waals surface area contributed by atoms with Crippen LogP contribution in [0.1, 0.15) is 5.56 Å². The molecule has 5 nitrogen and oxygen atoms in total. The molecule has 0 bridgehead atoms. The third-order valence-electron chi connectivity index (χ3n) is 3.47. The zero-order valence-electron chi connectivity index (χ0n) is 13.6. The van der Waals surface area contributed by atoms with E-state index in [1.807, 2.05) is 0 Å². The van der Waals surface area contributed by atoms with E-state index in [1.54, 1.807) is 47.8 Å². The highest BCUT2D eigenvalue weighted by Crippen LogP contribution is 2.25. The summed E-state index contributed by atoms with van der Waals surface area (Å²) in [5.74, 6) is -1.80. The first-order valence-electron chi connectivity index (χ1n) is 7.67. The van der Waals surface area contributed by atoms with E-state index in [0.29, 0.717) is 22.0 Å². The number of halogens is 1. The Morgan fingerprint density at radius 1 is 1.08 bits per heavy atom. The topological polar surface area (TPSA) is 76.1 Å². The molecule has 3 rings (SSSR count). The molecule has 1 amide bonds. The van der Waals surface area contributed by atoms with E-state index in [1.165, 1.54) is 23.5 Å².